The van der Waals surface area contributed by atoms with E-state index in [-0.39, 0.29) is 18.8 Å². The zero-order chi connectivity index (χ0) is 26.2. The number of hydrogen-bond donors (Lipinski definition) is 3. The molecule has 4 heterocycles. The van der Waals surface area contributed by atoms with Crippen LogP contribution in [-0.2, 0) is 18.9 Å². The Balaban J connectivity index is 0.000000203. The predicted molar refractivity (Wildman–Crippen MR) is 137 cm³/mol. The van der Waals surface area contributed by atoms with Crippen LogP contribution in [0.4, 0.5) is 11.4 Å². The van der Waals surface area contributed by atoms with E-state index in [0.717, 1.165) is 21.7 Å². The average molecular weight is 557 g/mol. The van der Waals surface area contributed by atoms with Gasteiger partial charge in [-0.05, 0) is 75.7 Å². The molecule has 0 saturated carbocycles. The minimum atomic E-state index is -0.521. The molecule has 0 amide bonds. The van der Waals surface area contributed by atoms with Crippen LogP contribution in [0.2, 0.25) is 0 Å². The number of aliphatic hydroxyl groups is 1. The van der Waals surface area contributed by atoms with Crippen molar-refractivity contribution < 1.29 is 28.8 Å². The summed E-state index contributed by atoms with van der Waals surface area (Å²) in [6.07, 6.45) is -0.187. The molecule has 35 heavy (non-hydrogen) atoms. The van der Waals surface area contributed by atoms with E-state index in [0.29, 0.717) is 31.4 Å². The first-order valence-electron chi connectivity index (χ1n) is 11.3. The molecule has 2 atom stereocenters. The highest BCUT2D eigenvalue weighted by Gasteiger charge is 2.33. The second-order valence-corrected chi connectivity index (χ2v) is 9.95. The maximum atomic E-state index is 8.59. The van der Waals surface area contributed by atoms with Gasteiger partial charge < -0.3 is 40.3 Å². The van der Waals surface area contributed by atoms with Gasteiger partial charge in [0.25, 0.3) is 0 Å². The summed E-state index contributed by atoms with van der Waals surface area (Å²) in [5, 5.41) is 8.59. The summed E-state index contributed by atoms with van der Waals surface area (Å²) < 4.78 is 27.8. The lowest BCUT2D eigenvalue weighted by molar-refractivity contribution is -0.142. The molecule has 2 aliphatic heterocycles. The Labute approximate surface area is 215 Å². The monoisotopic (exact) mass is 556 g/mol. The van der Waals surface area contributed by atoms with Crippen LogP contribution < -0.4 is 16.2 Å². The van der Waals surface area contributed by atoms with E-state index in [9.17, 15) is 0 Å². The van der Waals surface area contributed by atoms with Gasteiger partial charge in [-0.2, -0.15) is 0 Å². The Morgan fingerprint density at radius 2 is 1.43 bits per heavy atom. The number of nitrogen functional groups attached to an aromatic ring is 2. The number of aryl methyl sites for hydroxylation is 2. The Hall–Kier alpha value is -2.02. The topological polar surface area (TPSA) is 144 Å². The van der Waals surface area contributed by atoms with Crippen molar-refractivity contribution in [3.05, 3.63) is 40.3 Å². The number of aromatic nitrogens is 2. The largest absolute Gasteiger partial charge is 0.475 e. The fraction of sp³-hybridized carbons (Fsp3) is 0.583. The molecule has 196 valence electrons. The molecule has 11 heteroatoms. The van der Waals surface area contributed by atoms with E-state index >= 15 is 0 Å². The zero-order valence-corrected chi connectivity index (χ0v) is 22.8. The fourth-order valence-corrected chi connectivity index (χ4v) is 3.81. The molecular formula is C24H37BrN4O6. The van der Waals surface area contributed by atoms with Crippen LogP contribution >= 0.6 is 15.9 Å². The number of halogens is 1. The summed E-state index contributed by atoms with van der Waals surface area (Å²) in [6, 6.07) is 7.09. The van der Waals surface area contributed by atoms with Crippen LogP contribution in [0, 0.1) is 13.8 Å². The number of hydrogen-bond acceptors (Lipinski definition) is 10. The number of anilines is 2. The molecule has 0 aromatic carbocycles. The molecule has 0 spiro atoms. The lowest BCUT2D eigenvalue weighted by Gasteiger charge is -2.17. The van der Waals surface area contributed by atoms with Gasteiger partial charge >= 0.3 is 0 Å². The Morgan fingerprint density at radius 3 is 1.83 bits per heavy atom. The Morgan fingerprint density at radius 1 is 0.914 bits per heavy atom. The SMILES string of the molecule is CC1(C)OCC(CO)O1.Cc1cc(N)cc(Br)n1.Cc1cc(N)cc(OCC2COC(C)(C)O2)n1. The third-order valence-corrected chi connectivity index (χ3v) is 5.06. The van der Waals surface area contributed by atoms with Gasteiger partial charge in [0, 0.05) is 28.8 Å². The van der Waals surface area contributed by atoms with Crippen molar-refractivity contribution >= 4 is 27.3 Å². The number of aliphatic hydroxyl groups excluding tert-OH is 1. The minimum Gasteiger partial charge on any atom is -0.475 e. The first-order chi connectivity index (χ1) is 16.3. The molecule has 10 nitrogen and oxygen atoms in total. The smallest absolute Gasteiger partial charge is 0.215 e. The lowest BCUT2D eigenvalue weighted by atomic mass is 10.3. The maximum Gasteiger partial charge on any atom is 0.215 e. The molecule has 2 saturated heterocycles. The van der Waals surface area contributed by atoms with E-state index in [4.69, 9.17) is 40.3 Å². The van der Waals surface area contributed by atoms with E-state index in [1.807, 2.05) is 47.6 Å². The molecule has 4 rings (SSSR count). The number of rotatable bonds is 4. The van der Waals surface area contributed by atoms with E-state index in [2.05, 4.69) is 25.9 Å². The summed E-state index contributed by atoms with van der Waals surface area (Å²) >= 11 is 3.22. The van der Waals surface area contributed by atoms with Gasteiger partial charge in [0.2, 0.25) is 5.88 Å². The highest BCUT2D eigenvalue weighted by atomic mass is 79.9. The molecular weight excluding hydrogens is 520 g/mol. The summed E-state index contributed by atoms with van der Waals surface area (Å²) in [5.41, 5.74) is 14.4. The maximum absolute atomic E-state index is 8.59. The van der Waals surface area contributed by atoms with E-state index in [1.54, 1.807) is 18.2 Å². The van der Waals surface area contributed by atoms with Crippen molar-refractivity contribution in [3.63, 3.8) is 0 Å². The van der Waals surface area contributed by atoms with Crippen molar-refractivity contribution in [2.45, 2.75) is 65.3 Å². The third-order valence-electron chi connectivity index (χ3n) is 4.65. The molecule has 2 aromatic rings. The van der Waals surface area contributed by atoms with Crippen molar-refractivity contribution in [2.75, 3.05) is 37.9 Å². The van der Waals surface area contributed by atoms with Crippen LogP contribution in [0.5, 0.6) is 5.88 Å². The molecule has 2 aromatic heterocycles. The van der Waals surface area contributed by atoms with Gasteiger partial charge in [0.05, 0.1) is 19.8 Å². The lowest BCUT2D eigenvalue weighted by Crippen LogP contribution is -2.25. The van der Waals surface area contributed by atoms with Crippen LogP contribution in [0.15, 0.2) is 28.9 Å². The molecule has 2 unspecified atom stereocenters. The number of nitrogens with zero attached hydrogens (tertiary/aromatic N) is 2. The number of ether oxygens (including phenoxy) is 5. The number of pyridine rings is 2. The van der Waals surface area contributed by atoms with Crippen LogP contribution in [0.1, 0.15) is 39.1 Å². The molecule has 2 fully saturated rings. The molecule has 2 aliphatic rings. The van der Waals surface area contributed by atoms with Crippen LogP contribution in [0.25, 0.3) is 0 Å². The average Bonchev–Trinajstić information content (AvgIpc) is 3.26. The molecule has 0 bridgehead atoms. The van der Waals surface area contributed by atoms with Gasteiger partial charge in [-0.15, -0.1) is 0 Å². The fourth-order valence-electron chi connectivity index (χ4n) is 3.27. The molecule has 0 aliphatic carbocycles. The van der Waals surface area contributed by atoms with Gasteiger partial charge in [-0.3, -0.25) is 0 Å². The first-order valence-corrected chi connectivity index (χ1v) is 12.1. The van der Waals surface area contributed by atoms with Crippen molar-refractivity contribution in [2.24, 2.45) is 0 Å². The predicted octanol–water partition coefficient (Wildman–Crippen LogP) is 3.37. The standard InChI is InChI=1S/C12H18N2O3.C6H7BrN2.C6H12O3/c1-8-4-9(13)5-11(14-8)15-6-10-7-16-12(2,3)17-10;1-4-2-5(8)3-6(7)9-4;1-6(2)8-4-5(3-7)9-6/h4-5,10H,6-7H2,1-3H3,(H2,13,14);2-3H,1H3,(H2,8,9);5,7H,3-4H2,1-2H3. The van der Waals surface area contributed by atoms with Crippen LogP contribution in [-0.4, -0.2) is 65.3 Å². The van der Waals surface area contributed by atoms with Crippen molar-refractivity contribution in [1.82, 2.24) is 9.97 Å². The molecule has 5 N–H and O–H groups in total. The van der Waals surface area contributed by atoms with Gasteiger partial charge in [-0.1, -0.05) is 0 Å². The van der Waals surface area contributed by atoms with Gasteiger partial charge in [0.1, 0.15) is 23.4 Å². The zero-order valence-electron chi connectivity index (χ0n) is 21.2. The van der Waals surface area contributed by atoms with Gasteiger partial charge in [-0.25, -0.2) is 9.97 Å². The van der Waals surface area contributed by atoms with Gasteiger partial charge in [0.15, 0.2) is 11.6 Å². The summed E-state index contributed by atoms with van der Waals surface area (Å²) in [6.45, 7) is 12.7. The normalized spacial score (nSPS) is 21.9. The number of nitrogens with two attached hydrogens (primary N) is 2. The highest BCUT2D eigenvalue weighted by molar-refractivity contribution is 9.10. The first kappa shape index (κ1) is 29.2. The quantitative estimate of drug-likeness (QED) is 0.479. The second kappa shape index (κ2) is 12.8. The molecule has 0 radical (unpaired) electrons. The Kier molecular flexibility index (Phi) is 10.7. The highest BCUT2D eigenvalue weighted by Crippen LogP contribution is 2.23. The summed E-state index contributed by atoms with van der Waals surface area (Å²) in [7, 11) is 0. The Bertz CT molecular complexity index is 889. The van der Waals surface area contributed by atoms with E-state index in [1.165, 1.54) is 0 Å². The summed E-state index contributed by atoms with van der Waals surface area (Å²) in [5.74, 6) is -0.490. The van der Waals surface area contributed by atoms with Crippen molar-refractivity contribution in [3.8, 4) is 5.88 Å². The third kappa shape index (κ3) is 11.1. The summed E-state index contributed by atoms with van der Waals surface area (Å²) in [4.78, 5) is 8.30. The van der Waals surface area contributed by atoms with E-state index < -0.39 is 11.6 Å². The second-order valence-electron chi connectivity index (χ2n) is 9.14. The van der Waals surface area contributed by atoms with Crippen molar-refractivity contribution in [1.29, 1.82) is 0 Å². The van der Waals surface area contributed by atoms with Crippen LogP contribution in [0.3, 0.4) is 0 Å². The minimum absolute atomic E-state index is 0.0451.